The molecule has 3 rings (SSSR count). The van der Waals surface area contributed by atoms with E-state index in [-0.39, 0.29) is 23.8 Å². The smallest absolute Gasteiger partial charge is 0.226 e. The van der Waals surface area contributed by atoms with Crippen LogP contribution in [0.3, 0.4) is 0 Å². The lowest BCUT2D eigenvalue weighted by Gasteiger charge is -2.32. The third kappa shape index (κ3) is 5.42. The highest BCUT2D eigenvalue weighted by molar-refractivity contribution is 5.81. The molecule has 0 bridgehead atoms. The Balaban J connectivity index is 1.45. The maximum absolute atomic E-state index is 12.6. The maximum atomic E-state index is 12.6. The van der Waals surface area contributed by atoms with Gasteiger partial charge >= 0.3 is 0 Å². The summed E-state index contributed by atoms with van der Waals surface area (Å²) in [7, 11) is 0. The SMILES string of the molecule is CCC(Cn1ccnc1)NC(=O)C1CCN(C(=O)Cc2ccccc2)CC1. The fraction of sp³-hybridized carbons (Fsp3) is 0.476. The molecule has 1 saturated heterocycles. The normalized spacial score (nSPS) is 16.1. The second-order valence-electron chi connectivity index (χ2n) is 7.19. The Morgan fingerprint density at radius 2 is 1.96 bits per heavy atom. The van der Waals surface area contributed by atoms with Crippen LogP contribution in [-0.4, -0.2) is 45.4 Å². The summed E-state index contributed by atoms with van der Waals surface area (Å²) >= 11 is 0. The lowest BCUT2D eigenvalue weighted by Crippen LogP contribution is -2.46. The summed E-state index contributed by atoms with van der Waals surface area (Å²) in [6, 6.07) is 9.91. The van der Waals surface area contributed by atoms with E-state index < -0.39 is 0 Å². The van der Waals surface area contributed by atoms with Crippen molar-refractivity contribution in [2.24, 2.45) is 5.92 Å². The molecule has 0 aliphatic carbocycles. The van der Waals surface area contributed by atoms with Gasteiger partial charge in [0.05, 0.1) is 12.7 Å². The number of amides is 2. The van der Waals surface area contributed by atoms with Crippen LogP contribution in [-0.2, 0) is 22.6 Å². The number of nitrogens with one attached hydrogen (secondary N) is 1. The molecule has 0 radical (unpaired) electrons. The van der Waals surface area contributed by atoms with Crippen LogP contribution in [0.15, 0.2) is 49.1 Å². The molecule has 2 heterocycles. The molecular weight excluding hydrogens is 340 g/mol. The average molecular weight is 368 g/mol. The Hall–Kier alpha value is -2.63. The summed E-state index contributed by atoms with van der Waals surface area (Å²) in [6.45, 7) is 4.12. The van der Waals surface area contributed by atoms with Crippen molar-refractivity contribution in [1.82, 2.24) is 19.8 Å². The Labute approximate surface area is 160 Å². The Morgan fingerprint density at radius 3 is 2.59 bits per heavy atom. The molecule has 6 nitrogen and oxygen atoms in total. The molecule has 1 aromatic heterocycles. The zero-order valence-corrected chi connectivity index (χ0v) is 15.9. The summed E-state index contributed by atoms with van der Waals surface area (Å²) in [5, 5.41) is 3.17. The lowest BCUT2D eigenvalue weighted by atomic mass is 9.95. The van der Waals surface area contributed by atoms with Crippen molar-refractivity contribution < 1.29 is 9.59 Å². The lowest BCUT2D eigenvalue weighted by molar-refractivity contribution is -0.135. The molecule has 1 N–H and O–H groups in total. The van der Waals surface area contributed by atoms with Crippen LogP contribution >= 0.6 is 0 Å². The molecule has 0 spiro atoms. The summed E-state index contributed by atoms with van der Waals surface area (Å²) < 4.78 is 1.99. The van der Waals surface area contributed by atoms with Crippen LogP contribution in [0.4, 0.5) is 0 Å². The van der Waals surface area contributed by atoms with E-state index in [9.17, 15) is 9.59 Å². The number of aromatic nitrogens is 2. The molecule has 2 aromatic rings. The van der Waals surface area contributed by atoms with Crippen LogP contribution in [0.1, 0.15) is 31.7 Å². The standard InChI is InChI=1S/C21H28N4O2/c1-2-19(15-24-13-10-22-16-24)23-21(27)18-8-11-25(12-9-18)20(26)14-17-6-4-3-5-7-17/h3-7,10,13,16,18-19H,2,8-9,11-12,14-15H2,1H3,(H,23,27). The zero-order valence-electron chi connectivity index (χ0n) is 15.9. The van der Waals surface area contributed by atoms with Gasteiger partial charge < -0.3 is 14.8 Å². The van der Waals surface area contributed by atoms with Gasteiger partial charge in [-0.05, 0) is 24.8 Å². The fourth-order valence-electron chi connectivity index (χ4n) is 3.52. The quantitative estimate of drug-likeness (QED) is 0.815. The average Bonchev–Trinajstić information content (AvgIpc) is 3.21. The maximum Gasteiger partial charge on any atom is 0.226 e. The van der Waals surface area contributed by atoms with Crippen molar-refractivity contribution in [3.8, 4) is 0 Å². The van der Waals surface area contributed by atoms with Crippen LogP contribution < -0.4 is 5.32 Å². The second-order valence-corrected chi connectivity index (χ2v) is 7.19. The van der Waals surface area contributed by atoms with E-state index in [0.29, 0.717) is 19.5 Å². The number of hydrogen-bond acceptors (Lipinski definition) is 3. The first-order valence-electron chi connectivity index (χ1n) is 9.73. The number of benzene rings is 1. The van der Waals surface area contributed by atoms with Crippen LogP contribution in [0.25, 0.3) is 0 Å². The van der Waals surface area contributed by atoms with E-state index in [4.69, 9.17) is 0 Å². The molecule has 144 valence electrons. The monoisotopic (exact) mass is 368 g/mol. The highest BCUT2D eigenvalue weighted by atomic mass is 16.2. The van der Waals surface area contributed by atoms with Gasteiger partial charge in [0.2, 0.25) is 11.8 Å². The summed E-state index contributed by atoms with van der Waals surface area (Å²) in [6.07, 6.45) is 8.19. The van der Waals surface area contributed by atoms with Gasteiger partial charge in [0.15, 0.2) is 0 Å². The number of hydrogen-bond donors (Lipinski definition) is 1. The minimum Gasteiger partial charge on any atom is -0.351 e. The molecule has 27 heavy (non-hydrogen) atoms. The number of carbonyl (C=O) groups excluding carboxylic acids is 2. The van der Waals surface area contributed by atoms with Crippen LogP contribution in [0, 0.1) is 5.92 Å². The molecule has 1 aliphatic rings. The number of likely N-dealkylation sites (tertiary alicyclic amines) is 1. The van der Waals surface area contributed by atoms with E-state index in [1.165, 1.54) is 0 Å². The van der Waals surface area contributed by atoms with Crippen molar-refractivity contribution in [2.75, 3.05) is 13.1 Å². The molecule has 1 unspecified atom stereocenters. The zero-order chi connectivity index (χ0) is 19.1. The predicted octanol–water partition coefficient (Wildman–Crippen LogP) is 2.26. The fourth-order valence-corrected chi connectivity index (χ4v) is 3.52. The third-order valence-electron chi connectivity index (χ3n) is 5.25. The van der Waals surface area contributed by atoms with Gasteiger partial charge in [-0.1, -0.05) is 37.3 Å². The van der Waals surface area contributed by atoms with E-state index in [1.807, 2.05) is 46.0 Å². The van der Waals surface area contributed by atoms with Gasteiger partial charge in [0, 0.05) is 44.0 Å². The Kier molecular flexibility index (Phi) is 6.63. The number of rotatable bonds is 7. The van der Waals surface area contributed by atoms with Crippen molar-refractivity contribution in [3.05, 3.63) is 54.6 Å². The van der Waals surface area contributed by atoms with Crippen molar-refractivity contribution in [3.63, 3.8) is 0 Å². The minimum atomic E-state index is -0.0115. The van der Waals surface area contributed by atoms with Gasteiger partial charge in [-0.2, -0.15) is 0 Å². The Bertz CT molecular complexity index is 722. The van der Waals surface area contributed by atoms with Gasteiger partial charge in [-0.3, -0.25) is 9.59 Å². The first kappa shape index (κ1) is 19.1. The summed E-state index contributed by atoms with van der Waals surface area (Å²) in [5.41, 5.74) is 1.03. The first-order chi connectivity index (χ1) is 13.2. The Morgan fingerprint density at radius 1 is 1.22 bits per heavy atom. The van der Waals surface area contributed by atoms with Gasteiger partial charge in [0.1, 0.15) is 0 Å². The molecule has 1 atom stereocenters. The summed E-state index contributed by atoms with van der Waals surface area (Å²) in [5.74, 6) is 0.242. The number of nitrogens with zero attached hydrogens (tertiary/aromatic N) is 3. The topological polar surface area (TPSA) is 67.2 Å². The molecular formula is C21H28N4O2. The van der Waals surface area contributed by atoms with Gasteiger partial charge in [0.25, 0.3) is 0 Å². The largest absolute Gasteiger partial charge is 0.351 e. The minimum absolute atomic E-state index is 0.0115. The molecule has 6 heteroatoms. The molecule has 1 fully saturated rings. The van der Waals surface area contributed by atoms with Crippen molar-refractivity contribution in [2.45, 2.75) is 45.2 Å². The number of piperidine rings is 1. The van der Waals surface area contributed by atoms with E-state index in [0.717, 1.165) is 31.4 Å². The molecule has 2 amide bonds. The molecule has 1 aromatic carbocycles. The van der Waals surface area contributed by atoms with Gasteiger partial charge in [-0.25, -0.2) is 4.98 Å². The van der Waals surface area contributed by atoms with Crippen LogP contribution in [0.5, 0.6) is 0 Å². The highest BCUT2D eigenvalue weighted by Gasteiger charge is 2.28. The first-order valence-corrected chi connectivity index (χ1v) is 9.73. The summed E-state index contributed by atoms with van der Waals surface area (Å²) in [4.78, 5) is 31.0. The van der Waals surface area contributed by atoms with Crippen LogP contribution in [0.2, 0.25) is 0 Å². The number of carbonyl (C=O) groups is 2. The van der Waals surface area contributed by atoms with Crippen molar-refractivity contribution in [1.29, 1.82) is 0 Å². The van der Waals surface area contributed by atoms with E-state index in [1.54, 1.807) is 12.5 Å². The highest BCUT2D eigenvalue weighted by Crippen LogP contribution is 2.19. The van der Waals surface area contributed by atoms with Crippen molar-refractivity contribution >= 4 is 11.8 Å². The third-order valence-corrected chi connectivity index (χ3v) is 5.25. The molecule has 0 saturated carbocycles. The van der Waals surface area contributed by atoms with E-state index >= 15 is 0 Å². The second kappa shape index (κ2) is 9.35. The molecule has 1 aliphatic heterocycles. The number of imidazole rings is 1. The van der Waals surface area contributed by atoms with Gasteiger partial charge in [-0.15, -0.1) is 0 Å². The van der Waals surface area contributed by atoms with E-state index in [2.05, 4.69) is 17.2 Å². The predicted molar refractivity (Wildman–Crippen MR) is 104 cm³/mol.